The van der Waals surface area contributed by atoms with E-state index in [9.17, 15) is 13.2 Å². The van der Waals surface area contributed by atoms with E-state index < -0.39 is 6.36 Å². The molecule has 0 fully saturated rings. The quantitative estimate of drug-likeness (QED) is 0.848. The van der Waals surface area contributed by atoms with Crippen molar-refractivity contribution in [2.45, 2.75) is 6.36 Å². The van der Waals surface area contributed by atoms with Crippen LogP contribution in [0.3, 0.4) is 0 Å². The number of aromatic nitrogens is 1. The lowest BCUT2D eigenvalue weighted by Crippen LogP contribution is -2.18. The molecule has 2 rings (SSSR count). The van der Waals surface area contributed by atoms with Crippen molar-refractivity contribution in [2.75, 3.05) is 5.32 Å². The zero-order chi connectivity index (χ0) is 15.5. The van der Waals surface area contributed by atoms with Gasteiger partial charge in [-0.25, -0.2) is 0 Å². The molecule has 4 nitrogen and oxygen atoms in total. The molecule has 0 spiro atoms. The number of alkyl halides is 3. The van der Waals surface area contributed by atoms with Crippen molar-refractivity contribution >= 4 is 28.6 Å². The fraction of sp³-hybridized carbons (Fsp3) is 0.0769. The number of anilines is 2. The zero-order valence-electron chi connectivity index (χ0n) is 10.5. The Bertz CT molecular complexity index is 661. The van der Waals surface area contributed by atoms with Gasteiger partial charge < -0.3 is 15.8 Å². The molecule has 1 aromatic heterocycles. The maximum absolute atomic E-state index is 12.4. The van der Waals surface area contributed by atoms with Crippen LogP contribution in [0.4, 0.5) is 24.5 Å². The van der Waals surface area contributed by atoms with Crippen LogP contribution < -0.4 is 15.8 Å². The molecule has 0 aliphatic carbocycles. The molecule has 1 heterocycles. The van der Waals surface area contributed by atoms with E-state index in [1.54, 1.807) is 18.2 Å². The van der Waals surface area contributed by atoms with Crippen molar-refractivity contribution in [1.82, 2.24) is 4.98 Å². The van der Waals surface area contributed by atoms with Crippen molar-refractivity contribution in [3.8, 4) is 5.75 Å². The van der Waals surface area contributed by atoms with Gasteiger partial charge >= 0.3 is 6.36 Å². The Balaban J connectivity index is 2.35. The monoisotopic (exact) mass is 313 g/mol. The average Bonchev–Trinajstić information content (AvgIpc) is 2.40. The van der Waals surface area contributed by atoms with E-state index >= 15 is 0 Å². The molecule has 0 saturated carbocycles. The van der Waals surface area contributed by atoms with Crippen molar-refractivity contribution in [3.63, 3.8) is 0 Å². The smallest absolute Gasteiger partial charge is 0.404 e. The molecule has 0 atom stereocenters. The summed E-state index contributed by atoms with van der Waals surface area (Å²) in [6.45, 7) is 0. The highest BCUT2D eigenvalue weighted by Crippen LogP contribution is 2.32. The average molecular weight is 313 g/mol. The maximum atomic E-state index is 12.4. The van der Waals surface area contributed by atoms with Gasteiger partial charge in [0.25, 0.3) is 0 Å². The summed E-state index contributed by atoms with van der Waals surface area (Å²) in [5.41, 5.74) is 6.33. The lowest BCUT2D eigenvalue weighted by molar-refractivity contribution is -0.274. The lowest BCUT2D eigenvalue weighted by atomic mass is 10.2. The summed E-state index contributed by atoms with van der Waals surface area (Å²) in [7, 11) is 0. The predicted octanol–water partition coefficient (Wildman–Crippen LogP) is 3.36. The van der Waals surface area contributed by atoms with Crippen LogP contribution in [-0.2, 0) is 0 Å². The molecule has 0 unspecified atom stereocenters. The number of benzene rings is 1. The van der Waals surface area contributed by atoms with Gasteiger partial charge in [0.2, 0.25) is 0 Å². The highest BCUT2D eigenvalue weighted by molar-refractivity contribution is 7.80. The standard InChI is InChI=1S/C13H10F3N3OS/c14-13(15,16)20-10-6-2-1-4-8(10)19-9-5-3-7-18-11(9)12(17)21/h1-7,19H,(H2,17,21). The molecular weight excluding hydrogens is 303 g/mol. The molecule has 8 heteroatoms. The minimum Gasteiger partial charge on any atom is -0.404 e. The first-order chi connectivity index (χ1) is 9.87. The van der Waals surface area contributed by atoms with Crippen LogP contribution in [-0.4, -0.2) is 16.3 Å². The Hall–Kier alpha value is -2.35. The van der Waals surface area contributed by atoms with E-state index in [0.29, 0.717) is 5.69 Å². The minimum atomic E-state index is -4.78. The fourth-order valence-electron chi connectivity index (χ4n) is 1.63. The Morgan fingerprint density at radius 2 is 1.81 bits per heavy atom. The number of pyridine rings is 1. The molecule has 2 aromatic rings. The molecule has 0 aliphatic rings. The van der Waals surface area contributed by atoms with Gasteiger partial charge in [-0.1, -0.05) is 24.4 Å². The summed E-state index contributed by atoms with van der Waals surface area (Å²) in [6.07, 6.45) is -3.30. The number of hydrogen-bond donors (Lipinski definition) is 2. The van der Waals surface area contributed by atoms with Crippen molar-refractivity contribution in [2.24, 2.45) is 5.73 Å². The number of ether oxygens (including phenoxy) is 1. The third-order valence-corrected chi connectivity index (χ3v) is 2.62. The lowest BCUT2D eigenvalue weighted by Gasteiger charge is -2.15. The first-order valence-electron chi connectivity index (χ1n) is 5.73. The Morgan fingerprint density at radius 3 is 2.48 bits per heavy atom. The number of nitrogens with one attached hydrogen (secondary N) is 1. The molecule has 1 aromatic carbocycles. The number of thiocarbonyl (C=S) groups is 1. The van der Waals surface area contributed by atoms with Crippen molar-refractivity contribution < 1.29 is 17.9 Å². The van der Waals surface area contributed by atoms with Gasteiger partial charge in [-0.05, 0) is 24.3 Å². The van der Waals surface area contributed by atoms with E-state index in [1.165, 1.54) is 24.4 Å². The highest BCUT2D eigenvalue weighted by atomic mass is 32.1. The van der Waals surface area contributed by atoms with Crippen LogP contribution in [0.1, 0.15) is 5.69 Å². The van der Waals surface area contributed by atoms with Gasteiger partial charge in [0.15, 0.2) is 5.75 Å². The maximum Gasteiger partial charge on any atom is 0.573 e. The second-order valence-corrected chi connectivity index (χ2v) is 4.37. The van der Waals surface area contributed by atoms with Gasteiger partial charge in [0, 0.05) is 6.20 Å². The Labute approximate surface area is 123 Å². The summed E-state index contributed by atoms with van der Waals surface area (Å²) in [4.78, 5) is 4.02. The molecule has 0 bridgehead atoms. The van der Waals surface area contributed by atoms with Crippen molar-refractivity contribution in [3.05, 3.63) is 48.3 Å². The normalized spacial score (nSPS) is 11.0. The third kappa shape index (κ3) is 4.06. The largest absolute Gasteiger partial charge is 0.573 e. The topological polar surface area (TPSA) is 60.2 Å². The number of nitrogens with two attached hydrogens (primary N) is 1. The molecular formula is C13H10F3N3OS. The van der Waals surface area contributed by atoms with Crippen molar-refractivity contribution in [1.29, 1.82) is 0 Å². The Morgan fingerprint density at radius 1 is 1.14 bits per heavy atom. The van der Waals surface area contributed by atoms with Crippen LogP contribution >= 0.6 is 12.2 Å². The van der Waals surface area contributed by atoms with E-state index in [0.717, 1.165) is 0 Å². The van der Waals surface area contributed by atoms with Crippen LogP contribution in [0.2, 0.25) is 0 Å². The van der Waals surface area contributed by atoms with Gasteiger partial charge in [-0.3, -0.25) is 4.98 Å². The van der Waals surface area contributed by atoms with Gasteiger partial charge in [0.1, 0.15) is 10.7 Å². The summed E-state index contributed by atoms with van der Waals surface area (Å²) < 4.78 is 41.1. The van der Waals surface area contributed by atoms with Gasteiger partial charge in [0.05, 0.1) is 11.4 Å². The zero-order valence-corrected chi connectivity index (χ0v) is 11.3. The highest BCUT2D eigenvalue weighted by Gasteiger charge is 2.32. The SMILES string of the molecule is NC(=S)c1ncccc1Nc1ccccc1OC(F)(F)F. The summed E-state index contributed by atoms with van der Waals surface area (Å²) in [5, 5.41) is 2.79. The minimum absolute atomic E-state index is 0.0346. The van der Waals surface area contributed by atoms with E-state index in [2.05, 4.69) is 15.0 Å². The molecule has 0 saturated heterocycles. The molecule has 21 heavy (non-hydrogen) atoms. The number of halogens is 3. The summed E-state index contributed by atoms with van der Waals surface area (Å²) >= 11 is 4.85. The molecule has 0 amide bonds. The van der Waals surface area contributed by atoms with E-state index in [4.69, 9.17) is 18.0 Å². The van der Waals surface area contributed by atoms with Gasteiger partial charge in [-0.15, -0.1) is 13.2 Å². The molecule has 0 radical (unpaired) electrons. The predicted molar refractivity (Wildman–Crippen MR) is 76.5 cm³/mol. The molecule has 0 aliphatic heterocycles. The van der Waals surface area contributed by atoms with Crippen LogP contribution in [0.25, 0.3) is 0 Å². The number of nitrogens with zero attached hydrogens (tertiary/aromatic N) is 1. The molecule has 3 N–H and O–H groups in total. The van der Waals surface area contributed by atoms with Gasteiger partial charge in [-0.2, -0.15) is 0 Å². The first kappa shape index (κ1) is 15.0. The van der Waals surface area contributed by atoms with E-state index in [1.807, 2.05) is 0 Å². The summed E-state index contributed by atoms with van der Waals surface area (Å²) in [5.74, 6) is -0.359. The van der Waals surface area contributed by atoms with E-state index in [-0.39, 0.29) is 22.1 Å². The fourth-order valence-corrected chi connectivity index (χ4v) is 1.79. The second kappa shape index (κ2) is 5.96. The number of rotatable bonds is 4. The van der Waals surface area contributed by atoms with Crippen LogP contribution in [0.15, 0.2) is 42.6 Å². The molecule has 110 valence electrons. The van der Waals surface area contributed by atoms with Crippen LogP contribution in [0, 0.1) is 0 Å². The number of hydrogen-bond acceptors (Lipinski definition) is 4. The summed E-state index contributed by atoms with van der Waals surface area (Å²) in [6, 6.07) is 8.86. The first-order valence-corrected chi connectivity index (χ1v) is 6.14. The third-order valence-electron chi connectivity index (χ3n) is 2.42. The van der Waals surface area contributed by atoms with Crippen LogP contribution in [0.5, 0.6) is 5.75 Å². The second-order valence-electron chi connectivity index (χ2n) is 3.93. The number of para-hydroxylation sites is 2. The Kier molecular flexibility index (Phi) is 4.27.